The van der Waals surface area contributed by atoms with Gasteiger partial charge in [-0.2, -0.15) is 5.26 Å². The van der Waals surface area contributed by atoms with Gasteiger partial charge in [-0.3, -0.25) is 9.59 Å². The Balaban J connectivity index is 1.45. The van der Waals surface area contributed by atoms with Crippen LogP contribution in [0.15, 0.2) is 54.6 Å². The number of amides is 2. The zero-order chi connectivity index (χ0) is 22.8. The number of carbonyl (C=O) groups is 2. The number of hydrogen-bond acceptors (Lipinski definition) is 4. The van der Waals surface area contributed by atoms with Crippen LogP contribution in [0.1, 0.15) is 37.7 Å². The lowest BCUT2D eigenvalue weighted by Crippen LogP contribution is -2.39. The molecule has 0 saturated carbocycles. The molecule has 1 heterocycles. The Bertz CT molecular complexity index is 914. The Morgan fingerprint density at radius 1 is 1.06 bits per heavy atom. The van der Waals surface area contributed by atoms with Crippen LogP contribution in [0.3, 0.4) is 0 Å². The second kappa shape index (κ2) is 11.9. The number of anilines is 1. The third-order valence-electron chi connectivity index (χ3n) is 6.02. The van der Waals surface area contributed by atoms with E-state index in [-0.39, 0.29) is 31.1 Å². The molecule has 0 aliphatic carbocycles. The maximum atomic E-state index is 12.8. The minimum atomic E-state index is -0.116. The van der Waals surface area contributed by atoms with Crippen LogP contribution >= 0.6 is 0 Å². The van der Waals surface area contributed by atoms with Crippen molar-refractivity contribution in [1.29, 1.82) is 5.26 Å². The summed E-state index contributed by atoms with van der Waals surface area (Å²) in [6.45, 7) is 1.82. The molecule has 0 atom stereocenters. The first kappa shape index (κ1) is 23.3. The molecule has 0 spiro atoms. The number of ether oxygens (including phenoxy) is 1. The summed E-state index contributed by atoms with van der Waals surface area (Å²) >= 11 is 0. The SMILES string of the molecule is COc1ccc(CC2CCN(C(=O)CCC(=O)N(CCC#N)c3ccccc3)CC2)cc1. The topological polar surface area (TPSA) is 73.6 Å². The molecular weight excluding hydrogens is 402 g/mol. The number of carbonyl (C=O) groups excluding carboxylic acids is 2. The Morgan fingerprint density at radius 2 is 1.75 bits per heavy atom. The maximum Gasteiger partial charge on any atom is 0.227 e. The van der Waals surface area contributed by atoms with Crippen molar-refractivity contribution in [1.82, 2.24) is 4.90 Å². The first-order valence-electron chi connectivity index (χ1n) is 11.2. The fraction of sp³-hybridized carbons (Fsp3) is 0.423. The number of para-hydroxylation sites is 1. The number of hydrogen-bond donors (Lipinski definition) is 0. The zero-order valence-corrected chi connectivity index (χ0v) is 18.7. The fourth-order valence-corrected chi connectivity index (χ4v) is 4.16. The van der Waals surface area contributed by atoms with Crippen LogP contribution in [0.2, 0.25) is 0 Å². The van der Waals surface area contributed by atoms with E-state index >= 15 is 0 Å². The van der Waals surface area contributed by atoms with E-state index in [9.17, 15) is 9.59 Å². The van der Waals surface area contributed by atoms with Crippen LogP contribution in [-0.2, 0) is 16.0 Å². The molecule has 1 saturated heterocycles. The summed E-state index contributed by atoms with van der Waals surface area (Å²) in [5, 5.41) is 8.92. The monoisotopic (exact) mass is 433 g/mol. The van der Waals surface area contributed by atoms with Gasteiger partial charge in [-0.25, -0.2) is 0 Å². The quantitative estimate of drug-likeness (QED) is 0.594. The van der Waals surface area contributed by atoms with E-state index in [4.69, 9.17) is 10.00 Å². The number of rotatable bonds is 9. The molecule has 2 aromatic rings. The van der Waals surface area contributed by atoms with Gasteiger partial charge in [0.1, 0.15) is 5.75 Å². The lowest BCUT2D eigenvalue weighted by atomic mass is 9.90. The normalized spacial score (nSPS) is 13.9. The van der Waals surface area contributed by atoms with Gasteiger partial charge in [-0.1, -0.05) is 30.3 Å². The Labute approximate surface area is 190 Å². The lowest BCUT2D eigenvalue weighted by molar-refractivity contribution is -0.134. The number of nitriles is 1. The minimum Gasteiger partial charge on any atom is -0.497 e. The second-order valence-corrected chi connectivity index (χ2v) is 8.17. The fourth-order valence-electron chi connectivity index (χ4n) is 4.16. The average molecular weight is 434 g/mol. The van der Waals surface area contributed by atoms with Gasteiger partial charge in [0.15, 0.2) is 0 Å². The van der Waals surface area contributed by atoms with Crippen molar-refractivity contribution >= 4 is 17.5 Å². The molecule has 1 aliphatic heterocycles. The van der Waals surface area contributed by atoms with Crippen molar-refractivity contribution in [2.24, 2.45) is 5.92 Å². The third-order valence-corrected chi connectivity index (χ3v) is 6.02. The standard InChI is InChI=1S/C26H31N3O3/c1-32-24-10-8-21(9-11-24)20-22-14-18-28(19-15-22)25(30)12-13-26(31)29(17-5-16-27)23-6-3-2-4-7-23/h2-4,6-11,22H,5,12-15,17-20H2,1H3. The predicted molar refractivity (Wildman–Crippen MR) is 124 cm³/mol. The van der Waals surface area contributed by atoms with Crippen molar-refractivity contribution in [2.45, 2.75) is 38.5 Å². The van der Waals surface area contributed by atoms with Gasteiger partial charge in [0.25, 0.3) is 0 Å². The summed E-state index contributed by atoms with van der Waals surface area (Å²) in [5.41, 5.74) is 2.05. The molecule has 1 aliphatic rings. The van der Waals surface area contributed by atoms with E-state index in [1.807, 2.05) is 47.4 Å². The third kappa shape index (κ3) is 6.58. The number of methoxy groups -OCH3 is 1. The first-order chi connectivity index (χ1) is 15.6. The molecule has 3 rings (SSSR count). The Hall–Kier alpha value is -3.33. The Morgan fingerprint density at radius 3 is 2.38 bits per heavy atom. The van der Waals surface area contributed by atoms with Gasteiger partial charge in [0, 0.05) is 38.2 Å². The average Bonchev–Trinajstić information content (AvgIpc) is 2.84. The van der Waals surface area contributed by atoms with Crippen LogP contribution < -0.4 is 9.64 Å². The van der Waals surface area contributed by atoms with E-state index in [0.717, 1.165) is 43.8 Å². The molecule has 0 aromatic heterocycles. The van der Waals surface area contributed by atoms with Crippen molar-refractivity contribution in [3.8, 4) is 11.8 Å². The molecule has 0 unspecified atom stereocenters. The highest BCUT2D eigenvalue weighted by atomic mass is 16.5. The van der Waals surface area contributed by atoms with Crippen molar-refractivity contribution in [3.05, 3.63) is 60.2 Å². The van der Waals surface area contributed by atoms with E-state index in [2.05, 4.69) is 18.2 Å². The molecule has 6 nitrogen and oxygen atoms in total. The summed E-state index contributed by atoms with van der Waals surface area (Å²) < 4.78 is 5.21. The van der Waals surface area contributed by atoms with Gasteiger partial charge in [0.2, 0.25) is 11.8 Å². The highest BCUT2D eigenvalue weighted by molar-refractivity contribution is 5.95. The molecule has 168 valence electrons. The van der Waals surface area contributed by atoms with Gasteiger partial charge < -0.3 is 14.5 Å². The summed E-state index contributed by atoms with van der Waals surface area (Å²) in [7, 11) is 1.67. The highest BCUT2D eigenvalue weighted by Gasteiger charge is 2.24. The molecule has 0 bridgehead atoms. The number of piperidine rings is 1. The molecule has 6 heteroatoms. The van der Waals surface area contributed by atoms with Crippen molar-refractivity contribution in [3.63, 3.8) is 0 Å². The van der Waals surface area contributed by atoms with Gasteiger partial charge in [0.05, 0.1) is 19.6 Å². The van der Waals surface area contributed by atoms with E-state index < -0.39 is 0 Å². The summed E-state index contributed by atoms with van der Waals surface area (Å²) in [6, 6.07) is 19.6. The van der Waals surface area contributed by atoms with Crippen LogP contribution in [0.25, 0.3) is 0 Å². The number of nitrogens with zero attached hydrogens (tertiary/aromatic N) is 3. The molecule has 2 aromatic carbocycles. The maximum absolute atomic E-state index is 12.8. The first-order valence-corrected chi connectivity index (χ1v) is 11.2. The van der Waals surface area contributed by atoms with Crippen molar-refractivity contribution in [2.75, 3.05) is 31.6 Å². The zero-order valence-electron chi connectivity index (χ0n) is 18.7. The van der Waals surface area contributed by atoms with E-state index in [1.165, 1.54) is 5.56 Å². The van der Waals surface area contributed by atoms with Gasteiger partial charge in [-0.05, 0) is 55.0 Å². The van der Waals surface area contributed by atoms with Crippen LogP contribution in [0.4, 0.5) is 5.69 Å². The summed E-state index contributed by atoms with van der Waals surface area (Å²) in [6.07, 6.45) is 3.59. The Kier molecular flexibility index (Phi) is 8.68. The number of likely N-dealkylation sites (tertiary alicyclic amines) is 1. The lowest BCUT2D eigenvalue weighted by Gasteiger charge is -2.32. The summed E-state index contributed by atoms with van der Waals surface area (Å²) in [5.74, 6) is 1.35. The minimum absolute atomic E-state index is 0.0366. The predicted octanol–water partition coefficient (Wildman–Crippen LogP) is 4.20. The summed E-state index contributed by atoms with van der Waals surface area (Å²) in [4.78, 5) is 29.0. The number of benzene rings is 2. The molecular formula is C26H31N3O3. The smallest absolute Gasteiger partial charge is 0.227 e. The molecule has 1 fully saturated rings. The van der Waals surface area contributed by atoms with E-state index in [1.54, 1.807) is 12.0 Å². The largest absolute Gasteiger partial charge is 0.497 e. The van der Waals surface area contributed by atoms with Crippen molar-refractivity contribution < 1.29 is 14.3 Å². The van der Waals surface area contributed by atoms with Crippen LogP contribution in [-0.4, -0.2) is 43.5 Å². The molecule has 0 N–H and O–H groups in total. The van der Waals surface area contributed by atoms with Gasteiger partial charge >= 0.3 is 0 Å². The van der Waals surface area contributed by atoms with Crippen LogP contribution in [0, 0.1) is 17.2 Å². The van der Waals surface area contributed by atoms with Gasteiger partial charge in [-0.15, -0.1) is 0 Å². The highest BCUT2D eigenvalue weighted by Crippen LogP contribution is 2.24. The van der Waals surface area contributed by atoms with E-state index in [0.29, 0.717) is 12.5 Å². The van der Waals surface area contributed by atoms with Crippen LogP contribution in [0.5, 0.6) is 5.75 Å². The molecule has 32 heavy (non-hydrogen) atoms. The molecule has 2 amide bonds. The molecule has 0 radical (unpaired) electrons. The second-order valence-electron chi connectivity index (χ2n) is 8.17.